The Morgan fingerprint density at radius 2 is 2.17 bits per heavy atom. The lowest BCUT2D eigenvalue weighted by molar-refractivity contribution is 0.160. The van der Waals surface area contributed by atoms with Crippen LogP contribution in [0.4, 0.5) is 0 Å². The van der Waals surface area contributed by atoms with Gasteiger partial charge in [0.2, 0.25) is 0 Å². The van der Waals surface area contributed by atoms with Gasteiger partial charge in [-0.1, -0.05) is 0 Å². The molecular weight excluding hydrogens is 268 g/mol. The van der Waals surface area contributed by atoms with Gasteiger partial charge in [-0.25, -0.2) is 0 Å². The Bertz CT molecular complexity index is 696. The van der Waals surface area contributed by atoms with Gasteiger partial charge in [0.15, 0.2) is 4.77 Å². The van der Waals surface area contributed by atoms with E-state index in [1.807, 2.05) is 20.8 Å². The highest BCUT2D eigenvalue weighted by Gasteiger charge is 2.15. The van der Waals surface area contributed by atoms with Crippen LogP contribution in [0.5, 0.6) is 0 Å². The molecule has 18 heavy (non-hydrogen) atoms. The Morgan fingerprint density at radius 1 is 1.50 bits per heavy atom. The first kappa shape index (κ1) is 13.5. The third kappa shape index (κ3) is 2.04. The van der Waals surface area contributed by atoms with Gasteiger partial charge in [0.25, 0.3) is 5.56 Å². The molecule has 98 valence electrons. The Labute approximate surface area is 114 Å². The van der Waals surface area contributed by atoms with E-state index < -0.39 is 0 Å². The lowest BCUT2D eigenvalue weighted by Gasteiger charge is -2.14. The lowest BCUT2D eigenvalue weighted by atomic mass is 10.2. The van der Waals surface area contributed by atoms with Crippen LogP contribution in [0, 0.1) is 18.6 Å². The summed E-state index contributed by atoms with van der Waals surface area (Å²) in [4.78, 5) is 17.7. The first-order valence-corrected chi connectivity index (χ1v) is 6.93. The van der Waals surface area contributed by atoms with Crippen LogP contribution >= 0.6 is 23.6 Å². The van der Waals surface area contributed by atoms with Crippen LogP contribution < -0.4 is 5.56 Å². The normalized spacial score (nSPS) is 13.1. The van der Waals surface area contributed by atoms with E-state index in [9.17, 15) is 4.79 Å². The maximum atomic E-state index is 12.5. The van der Waals surface area contributed by atoms with Gasteiger partial charge in [-0.2, -0.15) is 0 Å². The zero-order valence-corrected chi connectivity index (χ0v) is 12.5. The Kier molecular flexibility index (Phi) is 3.70. The number of aryl methyl sites for hydroxylation is 2. The highest BCUT2D eigenvalue weighted by Crippen LogP contribution is 2.26. The maximum absolute atomic E-state index is 12.5. The molecule has 2 rings (SSSR count). The van der Waals surface area contributed by atoms with Crippen LogP contribution in [0.2, 0.25) is 0 Å². The molecule has 0 saturated heterocycles. The topological polar surface area (TPSA) is 47.0 Å². The minimum absolute atomic E-state index is 0.0276. The van der Waals surface area contributed by atoms with E-state index in [-0.39, 0.29) is 11.6 Å². The zero-order chi connectivity index (χ0) is 13.4. The standard InChI is InChI=1S/C12H16N2O2S2/c1-6(5-16-4)14-11(15)9-7(2)8(3)18-10(9)13-12(14)17/h6H,5H2,1-4H3,(H,13,17). The molecule has 4 nitrogen and oxygen atoms in total. The van der Waals surface area contributed by atoms with Crippen molar-refractivity contribution in [1.82, 2.24) is 9.55 Å². The number of thiophene rings is 1. The summed E-state index contributed by atoms with van der Waals surface area (Å²) < 4.78 is 7.15. The van der Waals surface area contributed by atoms with Crippen molar-refractivity contribution in [3.05, 3.63) is 25.6 Å². The van der Waals surface area contributed by atoms with Gasteiger partial charge in [-0.15, -0.1) is 11.3 Å². The average molecular weight is 284 g/mol. The average Bonchev–Trinajstić information content (AvgIpc) is 2.54. The van der Waals surface area contributed by atoms with Crippen LogP contribution in [0.25, 0.3) is 10.2 Å². The minimum Gasteiger partial charge on any atom is -0.383 e. The van der Waals surface area contributed by atoms with E-state index in [0.29, 0.717) is 11.4 Å². The van der Waals surface area contributed by atoms with E-state index >= 15 is 0 Å². The van der Waals surface area contributed by atoms with E-state index in [1.54, 1.807) is 23.0 Å². The number of methoxy groups -OCH3 is 1. The second kappa shape index (κ2) is 4.95. The SMILES string of the molecule is COCC(C)n1c(=S)[nH]c2sc(C)c(C)c2c1=O. The maximum Gasteiger partial charge on any atom is 0.263 e. The molecule has 1 unspecified atom stereocenters. The van der Waals surface area contributed by atoms with E-state index in [0.717, 1.165) is 20.7 Å². The molecule has 0 aliphatic heterocycles. The molecule has 2 heterocycles. The number of aromatic nitrogens is 2. The quantitative estimate of drug-likeness (QED) is 0.882. The van der Waals surface area contributed by atoms with Gasteiger partial charge in [0, 0.05) is 12.0 Å². The molecule has 0 amide bonds. The molecule has 0 fully saturated rings. The minimum atomic E-state index is -0.0738. The van der Waals surface area contributed by atoms with Gasteiger partial charge in [-0.3, -0.25) is 9.36 Å². The fraction of sp³-hybridized carbons (Fsp3) is 0.500. The van der Waals surface area contributed by atoms with Crippen LogP contribution in [0.1, 0.15) is 23.4 Å². The first-order chi connectivity index (χ1) is 8.47. The summed E-state index contributed by atoms with van der Waals surface area (Å²) in [5.74, 6) is 0. The lowest BCUT2D eigenvalue weighted by Crippen LogP contribution is -2.27. The summed E-state index contributed by atoms with van der Waals surface area (Å²) in [5.41, 5.74) is 1.00. The molecule has 1 atom stereocenters. The van der Waals surface area contributed by atoms with Gasteiger partial charge in [0.05, 0.1) is 18.0 Å². The third-order valence-electron chi connectivity index (χ3n) is 3.11. The molecule has 0 bridgehead atoms. The van der Waals surface area contributed by atoms with E-state index in [2.05, 4.69) is 4.98 Å². The van der Waals surface area contributed by atoms with Crippen molar-refractivity contribution in [2.45, 2.75) is 26.8 Å². The highest BCUT2D eigenvalue weighted by molar-refractivity contribution is 7.71. The number of nitrogens with zero attached hydrogens (tertiary/aromatic N) is 1. The smallest absolute Gasteiger partial charge is 0.263 e. The summed E-state index contributed by atoms with van der Waals surface area (Å²) in [6.07, 6.45) is 0. The van der Waals surface area contributed by atoms with Crippen LogP contribution in [-0.4, -0.2) is 23.3 Å². The number of nitrogens with one attached hydrogen (secondary N) is 1. The van der Waals surface area contributed by atoms with Crippen LogP contribution in [0.3, 0.4) is 0 Å². The monoisotopic (exact) mass is 284 g/mol. The van der Waals surface area contributed by atoms with Crippen molar-refractivity contribution in [2.75, 3.05) is 13.7 Å². The molecule has 0 aliphatic rings. The second-order valence-electron chi connectivity index (χ2n) is 4.40. The molecular formula is C12H16N2O2S2. The molecule has 0 radical (unpaired) electrons. The first-order valence-electron chi connectivity index (χ1n) is 5.70. The largest absolute Gasteiger partial charge is 0.383 e. The highest BCUT2D eigenvalue weighted by atomic mass is 32.1. The van der Waals surface area contributed by atoms with E-state index in [4.69, 9.17) is 17.0 Å². The molecule has 1 N–H and O–H groups in total. The van der Waals surface area contributed by atoms with Gasteiger partial charge in [0.1, 0.15) is 4.83 Å². The summed E-state index contributed by atoms with van der Waals surface area (Å²) in [7, 11) is 1.62. The molecule has 2 aromatic rings. The zero-order valence-electron chi connectivity index (χ0n) is 10.9. The molecule has 0 aromatic carbocycles. The number of fused-ring (bicyclic) bond motifs is 1. The van der Waals surface area contributed by atoms with Gasteiger partial charge >= 0.3 is 0 Å². The third-order valence-corrected chi connectivity index (χ3v) is 4.53. The van der Waals surface area contributed by atoms with Gasteiger partial charge < -0.3 is 9.72 Å². The van der Waals surface area contributed by atoms with Crippen molar-refractivity contribution >= 4 is 33.8 Å². The summed E-state index contributed by atoms with van der Waals surface area (Å²) in [6.45, 7) is 6.37. The fourth-order valence-electron chi connectivity index (χ4n) is 2.06. The predicted molar refractivity (Wildman–Crippen MR) is 77.3 cm³/mol. The van der Waals surface area contributed by atoms with Crippen LogP contribution in [0.15, 0.2) is 4.79 Å². The van der Waals surface area contributed by atoms with Gasteiger partial charge in [-0.05, 0) is 38.6 Å². The molecule has 2 aromatic heterocycles. The van der Waals surface area contributed by atoms with E-state index in [1.165, 1.54) is 0 Å². The molecule has 6 heteroatoms. The Hall–Kier alpha value is -0.980. The molecule has 0 spiro atoms. The number of hydrogen-bond acceptors (Lipinski definition) is 4. The summed E-state index contributed by atoms with van der Waals surface area (Å²) in [5, 5.41) is 0.744. The van der Waals surface area contributed by atoms with Crippen molar-refractivity contribution in [3.63, 3.8) is 0 Å². The Balaban J connectivity index is 2.80. The molecule has 0 saturated carbocycles. The summed E-state index contributed by atoms with van der Waals surface area (Å²) in [6, 6.07) is -0.0738. The van der Waals surface area contributed by atoms with Crippen molar-refractivity contribution in [2.24, 2.45) is 0 Å². The van der Waals surface area contributed by atoms with Crippen molar-refractivity contribution < 1.29 is 4.74 Å². The van der Waals surface area contributed by atoms with Crippen molar-refractivity contribution in [3.8, 4) is 0 Å². The summed E-state index contributed by atoms with van der Waals surface area (Å²) >= 11 is 6.84. The fourth-order valence-corrected chi connectivity index (χ4v) is 3.54. The number of hydrogen-bond donors (Lipinski definition) is 1. The number of rotatable bonds is 3. The number of H-pyrrole nitrogens is 1. The van der Waals surface area contributed by atoms with Crippen molar-refractivity contribution in [1.29, 1.82) is 0 Å². The Morgan fingerprint density at radius 3 is 2.78 bits per heavy atom. The van der Waals surface area contributed by atoms with Crippen LogP contribution in [-0.2, 0) is 4.74 Å². The molecule has 0 aliphatic carbocycles. The predicted octanol–water partition coefficient (Wildman–Crippen LogP) is 2.94. The number of aromatic amines is 1. The number of ether oxygens (including phenoxy) is 1. The second-order valence-corrected chi connectivity index (χ2v) is 6.01.